The molecule has 0 fully saturated rings. The lowest BCUT2D eigenvalue weighted by Gasteiger charge is -2.12. The number of aromatic nitrogens is 11. The highest BCUT2D eigenvalue weighted by Crippen LogP contribution is 2.42. The van der Waals surface area contributed by atoms with Crippen molar-refractivity contribution in [1.82, 2.24) is 53.2 Å². The summed E-state index contributed by atoms with van der Waals surface area (Å²) in [5.41, 5.74) is 25.0. The summed E-state index contributed by atoms with van der Waals surface area (Å²) in [5, 5.41) is 9.38. The predicted octanol–water partition coefficient (Wildman–Crippen LogP) is 24.9. The van der Waals surface area contributed by atoms with E-state index in [2.05, 4.69) is 303 Å². The van der Waals surface area contributed by atoms with Gasteiger partial charge in [0.2, 0.25) is 0 Å². The second-order valence-electron chi connectivity index (χ2n) is 28.1. The van der Waals surface area contributed by atoms with Gasteiger partial charge in [-0.1, -0.05) is 267 Å². The van der Waals surface area contributed by atoms with Crippen molar-refractivity contribution in [3.8, 4) is 113 Å². The zero-order valence-corrected chi connectivity index (χ0v) is 60.4. The van der Waals surface area contributed by atoms with Crippen molar-refractivity contribution in [3.63, 3.8) is 0 Å². The SMILES string of the molecule is c1ccc(-c2cc(-c3cccc(-n4c5ccccc5c5cc(-c6ccc7c(c6)c6ccccc6n7-c6ccccc6)cnc54)c3)nc(-c3ccccc3)n2)cc1.c1ccc(-c2nc(-c3ccccc3)nc(-c3cccc(-n4c5ccccc5c5cc(-c6ccc7c(c6)c6ccccc6n7-c6ccccc6)cnc54)c3)n2)cc1. The summed E-state index contributed by atoms with van der Waals surface area (Å²) in [7, 11) is 0. The number of benzene rings is 14. The molecule has 0 saturated carbocycles. The third-order valence-electron chi connectivity index (χ3n) is 21.4. The van der Waals surface area contributed by atoms with Crippen LogP contribution >= 0.6 is 0 Å². The van der Waals surface area contributed by atoms with E-state index in [1.807, 2.05) is 109 Å². The van der Waals surface area contributed by atoms with E-state index in [0.29, 0.717) is 23.3 Å². The van der Waals surface area contributed by atoms with Gasteiger partial charge in [-0.05, 0) is 126 Å². The Morgan fingerprint density at radius 1 is 0.161 bits per heavy atom. The highest BCUT2D eigenvalue weighted by Gasteiger charge is 2.22. The van der Waals surface area contributed by atoms with E-state index < -0.39 is 0 Å². The van der Waals surface area contributed by atoms with Crippen molar-refractivity contribution in [3.05, 3.63) is 395 Å². The van der Waals surface area contributed by atoms with Gasteiger partial charge in [-0.2, -0.15) is 0 Å². The fourth-order valence-corrected chi connectivity index (χ4v) is 16.1. The van der Waals surface area contributed by atoms with Crippen molar-refractivity contribution in [2.24, 2.45) is 0 Å². The quantitative estimate of drug-likeness (QED) is 0.120. The smallest absolute Gasteiger partial charge is 0.164 e. The lowest BCUT2D eigenvalue weighted by Crippen LogP contribution is -2.01. The number of rotatable bonds is 12. The minimum atomic E-state index is 0.611. The summed E-state index contributed by atoms with van der Waals surface area (Å²) in [6, 6.07) is 133. The fourth-order valence-electron chi connectivity index (χ4n) is 16.1. The maximum absolute atomic E-state index is 5.21. The Labute approximate surface area is 644 Å². The first-order chi connectivity index (χ1) is 55.5. The molecule has 0 N–H and O–H groups in total. The number of pyridine rings is 2. The zero-order chi connectivity index (χ0) is 74.0. The molecule has 0 atom stereocenters. The first kappa shape index (κ1) is 65.0. The van der Waals surface area contributed by atoms with Crippen LogP contribution in [0, 0.1) is 0 Å². The van der Waals surface area contributed by atoms with Gasteiger partial charge < -0.3 is 9.13 Å². The standard InChI is InChI=1S/C51H33N5.C50H32N6/c1-4-15-34(16-5-1)45-32-46(54-50(53-45)35-17-6-2-7-18-35)37-19-14-22-40(29-37)56-48-26-13-11-24-42(48)44-31-38(33-52-51(44)56)36-27-28-49-43(30-36)41-23-10-12-25-47(41)55(49)39-20-8-3-9-21-39;1-4-15-33(16-5-1)47-52-48(34-17-6-2-7-18-34)54-49(53-47)36-19-14-22-39(29-36)56-45-26-13-11-24-41(45)43-31-37(32-51-50(43)56)35-27-28-46-42(30-35)40-23-10-12-25-44(40)55(46)38-20-8-3-9-21-38/h1-33H;1-32H. The maximum Gasteiger partial charge on any atom is 0.164 e. The van der Waals surface area contributed by atoms with Gasteiger partial charge in [0, 0.05) is 123 Å². The summed E-state index contributed by atoms with van der Waals surface area (Å²) in [6.07, 6.45) is 4.02. The van der Waals surface area contributed by atoms with E-state index in [1.165, 1.54) is 43.6 Å². The topological polar surface area (TPSA) is 110 Å². The second-order valence-corrected chi connectivity index (χ2v) is 28.1. The molecule has 0 spiro atoms. The molecule has 112 heavy (non-hydrogen) atoms. The van der Waals surface area contributed by atoms with E-state index in [0.717, 1.165) is 134 Å². The Balaban J connectivity index is 0.000000141. The maximum atomic E-state index is 5.21. The average Bonchev–Trinajstić information content (AvgIpc) is 1.59. The lowest BCUT2D eigenvalue weighted by atomic mass is 10.0. The lowest BCUT2D eigenvalue weighted by molar-refractivity contribution is 1.07. The molecule has 524 valence electrons. The number of hydrogen-bond acceptors (Lipinski definition) is 7. The molecular formula is C101H65N11. The molecule has 0 aliphatic carbocycles. The highest BCUT2D eigenvalue weighted by atomic mass is 15.1. The molecule has 22 rings (SSSR count). The van der Waals surface area contributed by atoms with E-state index in [-0.39, 0.29) is 0 Å². The number of nitrogens with zero attached hydrogens (tertiary/aromatic N) is 11. The summed E-state index contributed by atoms with van der Waals surface area (Å²) in [6.45, 7) is 0. The Morgan fingerprint density at radius 3 is 0.884 bits per heavy atom. The molecular weight excluding hydrogens is 1370 g/mol. The largest absolute Gasteiger partial charge is 0.309 e. The third-order valence-corrected chi connectivity index (χ3v) is 21.4. The highest BCUT2D eigenvalue weighted by molar-refractivity contribution is 6.14. The van der Waals surface area contributed by atoms with E-state index in [4.69, 9.17) is 34.9 Å². The Bertz CT molecular complexity index is 6800. The summed E-state index contributed by atoms with van der Waals surface area (Å²) in [5.74, 6) is 2.57. The summed E-state index contributed by atoms with van der Waals surface area (Å²) in [4.78, 5) is 35.4. The van der Waals surface area contributed by atoms with Crippen molar-refractivity contribution in [2.45, 2.75) is 0 Å². The van der Waals surface area contributed by atoms with Gasteiger partial charge >= 0.3 is 0 Å². The van der Waals surface area contributed by atoms with E-state index >= 15 is 0 Å². The van der Waals surface area contributed by atoms with Crippen LogP contribution in [0.5, 0.6) is 0 Å². The molecule has 0 amide bonds. The van der Waals surface area contributed by atoms with Crippen molar-refractivity contribution < 1.29 is 0 Å². The van der Waals surface area contributed by atoms with Gasteiger partial charge in [0.1, 0.15) is 11.3 Å². The molecule has 8 heterocycles. The minimum Gasteiger partial charge on any atom is -0.309 e. The number of fused-ring (bicyclic) bond motifs is 12. The molecule has 22 aromatic rings. The van der Waals surface area contributed by atoms with Crippen LogP contribution in [0.4, 0.5) is 0 Å². The predicted molar refractivity (Wildman–Crippen MR) is 458 cm³/mol. The van der Waals surface area contributed by atoms with Crippen LogP contribution in [0.1, 0.15) is 0 Å². The van der Waals surface area contributed by atoms with Crippen LogP contribution in [-0.2, 0) is 0 Å². The van der Waals surface area contributed by atoms with E-state index in [9.17, 15) is 0 Å². The van der Waals surface area contributed by atoms with Gasteiger partial charge in [-0.25, -0.2) is 34.9 Å². The number of hydrogen-bond donors (Lipinski definition) is 0. The first-order valence-corrected chi connectivity index (χ1v) is 37.6. The van der Waals surface area contributed by atoms with E-state index in [1.54, 1.807) is 0 Å². The third kappa shape index (κ3) is 11.5. The average molecular weight is 1430 g/mol. The summed E-state index contributed by atoms with van der Waals surface area (Å²) >= 11 is 0. The van der Waals surface area contributed by atoms with Crippen LogP contribution in [0.3, 0.4) is 0 Å². The minimum absolute atomic E-state index is 0.611. The molecule has 0 aliphatic rings. The van der Waals surface area contributed by atoms with Crippen LogP contribution in [0.15, 0.2) is 395 Å². The van der Waals surface area contributed by atoms with Gasteiger partial charge in [0.15, 0.2) is 23.3 Å². The van der Waals surface area contributed by atoms with Crippen molar-refractivity contribution in [2.75, 3.05) is 0 Å². The Kier molecular flexibility index (Phi) is 15.9. The molecule has 0 unspecified atom stereocenters. The first-order valence-electron chi connectivity index (χ1n) is 37.6. The van der Waals surface area contributed by atoms with Crippen LogP contribution in [0.25, 0.3) is 201 Å². The van der Waals surface area contributed by atoms with Gasteiger partial charge in [0.25, 0.3) is 0 Å². The molecule has 0 radical (unpaired) electrons. The van der Waals surface area contributed by atoms with Crippen LogP contribution < -0.4 is 0 Å². The normalized spacial score (nSPS) is 11.6. The molecule has 0 aliphatic heterocycles. The molecule has 11 heteroatoms. The molecule has 8 aromatic heterocycles. The molecule has 14 aromatic carbocycles. The summed E-state index contributed by atoms with van der Waals surface area (Å²) < 4.78 is 9.21. The zero-order valence-electron chi connectivity index (χ0n) is 60.4. The van der Waals surface area contributed by atoms with Crippen LogP contribution in [-0.4, -0.2) is 53.2 Å². The molecule has 0 saturated heterocycles. The molecule has 0 bridgehead atoms. The Hall–Kier alpha value is -15.3. The van der Waals surface area contributed by atoms with Crippen LogP contribution in [0.2, 0.25) is 0 Å². The van der Waals surface area contributed by atoms with Crippen molar-refractivity contribution >= 4 is 87.5 Å². The van der Waals surface area contributed by atoms with Crippen molar-refractivity contribution in [1.29, 1.82) is 0 Å². The molecule has 11 nitrogen and oxygen atoms in total. The van der Waals surface area contributed by atoms with Gasteiger partial charge in [-0.15, -0.1) is 0 Å². The second kappa shape index (κ2) is 27.5. The monoisotopic (exact) mass is 1430 g/mol. The Morgan fingerprint density at radius 2 is 0.455 bits per heavy atom. The number of para-hydroxylation sites is 6. The van der Waals surface area contributed by atoms with Gasteiger partial charge in [0.05, 0.1) is 44.5 Å². The fraction of sp³-hybridized carbons (Fsp3) is 0. The van der Waals surface area contributed by atoms with Gasteiger partial charge in [-0.3, -0.25) is 9.13 Å².